The van der Waals surface area contributed by atoms with Gasteiger partial charge in [-0.2, -0.15) is 0 Å². The zero-order valence-corrected chi connectivity index (χ0v) is 21.8. The Morgan fingerprint density at radius 1 is 0.625 bits per heavy atom. The quantitative estimate of drug-likeness (QED) is 0.173. The normalized spacial score (nSPS) is 15.6. The lowest BCUT2D eigenvalue weighted by Gasteiger charge is -2.23. The SMILES string of the molecule is O=Cc1cc(-c2ccc3c4c5c(ccc24)=CC=CC5CC=3)cc(-c2ccc3ccc4cccc5ccc2c3c45)c1. The van der Waals surface area contributed by atoms with Gasteiger partial charge in [0.05, 0.1) is 0 Å². The van der Waals surface area contributed by atoms with Crippen LogP contribution in [0.25, 0.3) is 77.5 Å². The van der Waals surface area contributed by atoms with Crippen molar-refractivity contribution in [3.8, 4) is 22.3 Å². The lowest BCUT2D eigenvalue weighted by molar-refractivity contribution is 0.112. The third-order valence-corrected chi connectivity index (χ3v) is 9.11. The van der Waals surface area contributed by atoms with E-state index in [0.29, 0.717) is 11.5 Å². The number of hydrogen-bond donors (Lipinski definition) is 0. The lowest BCUT2D eigenvalue weighted by atomic mass is 9.80. The molecule has 9 rings (SSSR count). The average Bonchev–Trinajstić information content (AvgIpc) is 3.02. The van der Waals surface area contributed by atoms with Gasteiger partial charge in [-0.1, -0.05) is 103 Å². The average molecular weight is 509 g/mol. The molecule has 0 fully saturated rings. The minimum Gasteiger partial charge on any atom is -0.298 e. The number of benzene rings is 7. The summed E-state index contributed by atoms with van der Waals surface area (Å²) in [5.74, 6) is 0.431. The van der Waals surface area contributed by atoms with Crippen molar-refractivity contribution in [2.45, 2.75) is 12.3 Å². The van der Waals surface area contributed by atoms with Crippen LogP contribution in [-0.2, 0) is 0 Å². The molecule has 0 spiro atoms. The second-order valence-corrected chi connectivity index (χ2v) is 11.2. The van der Waals surface area contributed by atoms with E-state index in [1.807, 2.05) is 12.1 Å². The molecule has 0 saturated carbocycles. The minimum absolute atomic E-state index is 0.431. The first-order valence-electron chi connectivity index (χ1n) is 14.0. The van der Waals surface area contributed by atoms with Gasteiger partial charge < -0.3 is 0 Å². The van der Waals surface area contributed by atoms with Crippen LogP contribution >= 0.6 is 0 Å². The monoisotopic (exact) mass is 508 g/mol. The highest BCUT2D eigenvalue weighted by Gasteiger charge is 2.21. The topological polar surface area (TPSA) is 17.1 Å². The predicted octanol–water partition coefficient (Wildman–Crippen LogP) is 8.50. The van der Waals surface area contributed by atoms with Crippen LogP contribution in [0.1, 0.15) is 28.3 Å². The van der Waals surface area contributed by atoms with Gasteiger partial charge in [0, 0.05) is 11.5 Å². The van der Waals surface area contributed by atoms with Crippen LogP contribution in [-0.4, -0.2) is 6.29 Å². The molecule has 2 aliphatic rings. The van der Waals surface area contributed by atoms with E-state index >= 15 is 0 Å². The summed E-state index contributed by atoms with van der Waals surface area (Å²) >= 11 is 0. The highest BCUT2D eigenvalue weighted by molar-refractivity contribution is 6.25. The van der Waals surface area contributed by atoms with Gasteiger partial charge in [0.25, 0.3) is 0 Å². The highest BCUT2D eigenvalue weighted by Crippen LogP contribution is 2.41. The Kier molecular flexibility index (Phi) is 4.38. The van der Waals surface area contributed by atoms with Crippen molar-refractivity contribution in [2.75, 3.05) is 0 Å². The van der Waals surface area contributed by atoms with Crippen LogP contribution in [0.5, 0.6) is 0 Å². The molecule has 0 bridgehead atoms. The number of aldehydes is 1. The number of carbonyl (C=O) groups is 1. The fourth-order valence-electron chi connectivity index (χ4n) is 7.34. The molecule has 1 nitrogen and oxygen atoms in total. The van der Waals surface area contributed by atoms with Crippen molar-refractivity contribution < 1.29 is 4.79 Å². The summed E-state index contributed by atoms with van der Waals surface area (Å²) in [5, 5.41) is 12.8. The number of allylic oxidation sites excluding steroid dienone is 2. The molecule has 7 aromatic rings. The van der Waals surface area contributed by atoms with Crippen molar-refractivity contribution in [3.05, 3.63) is 131 Å². The van der Waals surface area contributed by atoms with E-state index in [0.717, 1.165) is 29.4 Å². The molecule has 40 heavy (non-hydrogen) atoms. The van der Waals surface area contributed by atoms with Gasteiger partial charge in [-0.15, -0.1) is 0 Å². The van der Waals surface area contributed by atoms with Crippen LogP contribution in [0.4, 0.5) is 0 Å². The Labute approximate surface area is 231 Å². The number of carbonyl (C=O) groups excluding carboxylic acids is 1. The largest absolute Gasteiger partial charge is 0.298 e. The van der Waals surface area contributed by atoms with E-state index in [4.69, 9.17) is 0 Å². The van der Waals surface area contributed by atoms with Gasteiger partial charge in [0.1, 0.15) is 6.29 Å². The number of hydrogen-bond acceptors (Lipinski definition) is 1. The van der Waals surface area contributed by atoms with Crippen molar-refractivity contribution in [1.29, 1.82) is 0 Å². The van der Waals surface area contributed by atoms with Crippen LogP contribution in [0.3, 0.4) is 0 Å². The second-order valence-electron chi connectivity index (χ2n) is 11.2. The molecule has 2 aliphatic carbocycles. The Morgan fingerprint density at radius 2 is 1.27 bits per heavy atom. The smallest absolute Gasteiger partial charge is 0.150 e. The standard InChI is InChI=1S/C39H24O/c40-22-23-19-30(32-15-11-28-9-7-24-3-1-5-26-13-17-34(32)38(28)36(24)26)21-31(20-23)33-16-12-29-10-8-25-4-2-6-27-14-18-35(33)39(29)37(25)27/h1-7,9-22,25H,8H2. The van der Waals surface area contributed by atoms with Crippen LogP contribution in [0, 0.1) is 0 Å². The van der Waals surface area contributed by atoms with Gasteiger partial charge in [0.2, 0.25) is 0 Å². The molecular formula is C39H24O. The second kappa shape index (κ2) is 8.00. The lowest BCUT2D eigenvalue weighted by Crippen LogP contribution is -2.23. The third-order valence-electron chi connectivity index (χ3n) is 9.11. The van der Waals surface area contributed by atoms with Crippen LogP contribution in [0.2, 0.25) is 0 Å². The molecule has 0 amide bonds. The van der Waals surface area contributed by atoms with E-state index in [1.54, 1.807) is 0 Å². The third kappa shape index (κ3) is 2.95. The van der Waals surface area contributed by atoms with Crippen molar-refractivity contribution in [2.24, 2.45) is 0 Å². The summed E-state index contributed by atoms with van der Waals surface area (Å²) in [7, 11) is 0. The fourth-order valence-corrected chi connectivity index (χ4v) is 7.34. The van der Waals surface area contributed by atoms with Gasteiger partial charge >= 0.3 is 0 Å². The van der Waals surface area contributed by atoms with Gasteiger partial charge in [-0.3, -0.25) is 4.79 Å². The van der Waals surface area contributed by atoms with Crippen LogP contribution in [0.15, 0.2) is 109 Å². The summed E-state index contributed by atoms with van der Waals surface area (Å²) in [6.45, 7) is 0. The fraction of sp³-hybridized carbons (Fsp3) is 0.0513. The Hall–Kier alpha value is -5.01. The van der Waals surface area contributed by atoms with Crippen molar-refractivity contribution in [3.63, 3.8) is 0 Å². The summed E-state index contributed by atoms with van der Waals surface area (Å²) in [4.78, 5) is 12.3. The number of rotatable bonds is 3. The van der Waals surface area contributed by atoms with E-state index in [9.17, 15) is 4.79 Å². The molecular weight excluding hydrogens is 484 g/mol. The molecule has 0 saturated heterocycles. The first-order chi connectivity index (χ1) is 19.8. The Bertz CT molecular complexity index is 2350. The molecule has 0 radical (unpaired) electrons. The summed E-state index contributed by atoms with van der Waals surface area (Å²) in [6, 6.07) is 35.2. The van der Waals surface area contributed by atoms with E-state index in [-0.39, 0.29) is 0 Å². The van der Waals surface area contributed by atoms with Gasteiger partial charge in [-0.25, -0.2) is 0 Å². The zero-order chi connectivity index (χ0) is 26.4. The highest BCUT2D eigenvalue weighted by atomic mass is 16.1. The summed E-state index contributed by atoms with van der Waals surface area (Å²) < 4.78 is 0. The predicted molar refractivity (Wildman–Crippen MR) is 169 cm³/mol. The molecule has 0 N–H and O–H groups in total. The molecule has 0 heterocycles. The van der Waals surface area contributed by atoms with E-state index < -0.39 is 0 Å². The zero-order valence-electron chi connectivity index (χ0n) is 21.8. The van der Waals surface area contributed by atoms with Gasteiger partial charge in [0.15, 0.2) is 0 Å². The van der Waals surface area contributed by atoms with E-state index in [1.165, 1.54) is 64.7 Å². The molecule has 1 heteroatoms. The first-order valence-corrected chi connectivity index (χ1v) is 14.0. The molecule has 1 atom stereocenters. The maximum absolute atomic E-state index is 12.3. The molecule has 1 unspecified atom stereocenters. The summed E-state index contributed by atoms with van der Waals surface area (Å²) in [6.07, 6.45) is 11.1. The molecule has 0 aliphatic heterocycles. The Morgan fingerprint density at radius 3 is 2.08 bits per heavy atom. The van der Waals surface area contributed by atoms with Gasteiger partial charge in [-0.05, 0) is 106 Å². The summed E-state index contributed by atoms with van der Waals surface area (Å²) in [5.41, 5.74) is 6.62. The van der Waals surface area contributed by atoms with E-state index in [2.05, 4.69) is 109 Å². The van der Waals surface area contributed by atoms with Crippen LogP contribution < -0.4 is 10.4 Å². The van der Waals surface area contributed by atoms with Crippen molar-refractivity contribution in [1.82, 2.24) is 0 Å². The van der Waals surface area contributed by atoms with Crippen molar-refractivity contribution >= 4 is 61.5 Å². The maximum Gasteiger partial charge on any atom is 0.150 e. The molecule has 186 valence electrons. The molecule has 7 aromatic carbocycles. The minimum atomic E-state index is 0.431. The molecule has 0 aromatic heterocycles. The maximum atomic E-state index is 12.3. The Balaban J connectivity index is 1.32. The first kappa shape index (κ1) is 21.9.